The Hall–Kier alpha value is -0.120. The molecule has 2 aliphatic rings. The molecule has 2 rings (SSSR count). The van der Waals surface area contributed by atoms with Gasteiger partial charge in [0.25, 0.3) is 0 Å². The van der Waals surface area contributed by atoms with E-state index in [1.807, 2.05) is 13.8 Å². The van der Waals surface area contributed by atoms with Gasteiger partial charge in [0.05, 0.1) is 5.60 Å². The monoisotopic (exact) mass is 226 g/mol. The van der Waals surface area contributed by atoms with E-state index in [9.17, 15) is 5.11 Å². The van der Waals surface area contributed by atoms with Gasteiger partial charge >= 0.3 is 0 Å². The van der Waals surface area contributed by atoms with Crippen molar-refractivity contribution in [2.24, 2.45) is 17.6 Å². The van der Waals surface area contributed by atoms with Crippen LogP contribution in [0, 0.1) is 11.8 Å². The van der Waals surface area contributed by atoms with Crippen LogP contribution in [-0.4, -0.2) is 41.3 Å². The van der Waals surface area contributed by atoms with Crippen molar-refractivity contribution < 1.29 is 5.11 Å². The summed E-state index contributed by atoms with van der Waals surface area (Å²) in [5.74, 6) is 1.54. The summed E-state index contributed by atoms with van der Waals surface area (Å²) in [5, 5.41) is 9.74. The Bertz CT molecular complexity index is 237. The van der Waals surface area contributed by atoms with E-state index >= 15 is 0 Å². The maximum atomic E-state index is 9.74. The predicted molar refractivity (Wildman–Crippen MR) is 66.2 cm³/mol. The molecular formula is C13H26N2O. The molecule has 0 aromatic heterocycles. The number of rotatable bonds is 3. The van der Waals surface area contributed by atoms with Crippen LogP contribution < -0.4 is 5.73 Å². The molecule has 3 heteroatoms. The molecule has 1 heterocycles. The number of fused-ring (bicyclic) bond motifs is 1. The number of nitrogens with zero attached hydrogens (tertiary/aromatic N) is 1. The fourth-order valence-corrected chi connectivity index (χ4v) is 3.22. The number of hydrogen-bond donors (Lipinski definition) is 2. The molecule has 16 heavy (non-hydrogen) atoms. The van der Waals surface area contributed by atoms with Gasteiger partial charge in [-0.15, -0.1) is 0 Å². The van der Waals surface area contributed by atoms with E-state index < -0.39 is 5.60 Å². The summed E-state index contributed by atoms with van der Waals surface area (Å²) >= 11 is 0. The highest BCUT2D eigenvalue weighted by Gasteiger charge is 2.38. The molecule has 0 amide bonds. The molecule has 0 aromatic carbocycles. The van der Waals surface area contributed by atoms with Gasteiger partial charge < -0.3 is 15.7 Å². The maximum Gasteiger partial charge on any atom is 0.0603 e. The second kappa shape index (κ2) is 4.63. The highest BCUT2D eigenvalue weighted by molar-refractivity contribution is 4.93. The Labute approximate surface area is 99.0 Å². The molecule has 3 unspecified atom stereocenters. The first-order valence-corrected chi connectivity index (χ1v) is 6.66. The summed E-state index contributed by atoms with van der Waals surface area (Å²) in [7, 11) is 0. The second-order valence-electron chi connectivity index (χ2n) is 6.34. The van der Waals surface area contributed by atoms with E-state index in [2.05, 4.69) is 4.90 Å². The van der Waals surface area contributed by atoms with Crippen LogP contribution in [0.2, 0.25) is 0 Å². The number of likely N-dealkylation sites (tertiary alicyclic amines) is 1. The zero-order chi connectivity index (χ0) is 11.8. The van der Waals surface area contributed by atoms with E-state index in [-0.39, 0.29) is 0 Å². The summed E-state index contributed by atoms with van der Waals surface area (Å²) in [6.07, 6.45) is 4.74. The average molecular weight is 226 g/mol. The van der Waals surface area contributed by atoms with E-state index in [0.29, 0.717) is 6.04 Å². The molecule has 2 fully saturated rings. The summed E-state index contributed by atoms with van der Waals surface area (Å²) in [6, 6.07) is 0.422. The lowest BCUT2D eigenvalue weighted by Crippen LogP contribution is -2.38. The van der Waals surface area contributed by atoms with E-state index in [1.54, 1.807) is 0 Å². The van der Waals surface area contributed by atoms with Gasteiger partial charge in [0.1, 0.15) is 0 Å². The molecule has 3 N–H and O–H groups in total. The Morgan fingerprint density at radius 2 is 2.06 bits per heavy atom. The van der Waals surface area contributed by atoms with Crippen molar-refractivity contribution in [2.75, 3.05) is 19.6 Å². The van der Waals surface area contributed by atoms with Gasteiger partial charge in [-0.2, -0.15) is 0 Å². The van der Waals surface area contributed by atoms with Gasteiger partial charge in [-0.1, -0.05) is 6.42 Å². The fraction of sp³-hybridized carbons (Fsp3) is 1.00. The summed E-state index contributed by atoms with van der Waals surface area (Å²) < 4.78 is 0. The first-order chi connectivity index (χ1) is 7.46. The lowest BCUT2D eigenvalue weighted by Gasteiger charge is -2.29. The quantitative estimate of drug-likeness (QED) is 0.760. The predicted octanol–water partition coefficient (Wildman–Crippen LogP) is 1.21. The van der Waals surface area contributed by atoms with Crippen molar-refractivity contribution in [3.05, 3.63) is 0 Å². The average Bonchev–Trinajstić information content (AvgIpc) is 2.58. The Balaban J connectivity index is 1.82. The van der Waals surface area contributed by atoms with E-state index in [1.165, 1.54) is 25.8 Å². The third-order valence-corrected chi connectivity index (χ3v) is 4.27. The van der Waals surface area contributed by atoms with Crippen molar-refractivity contribution in [3.8, 4) is 0 Å². The topological polar surface area (TPSA) is 49.5 Å². The van der Waals surface area contributed by atoms with Crippen molar-refractivity contribution in [2.45, 2.75) is 51.2 Å². The molecule has 1 aliphatic carbocycles. The molecule has 0 aromatic rings. The smallest absolute Gasteiger partial charge is 0.0603 e. The summed E-state index contributed by atoms with van der Waals surface area (Å²) in [6.45, 7) is 7.16. The lowest BCUT2D eigenvalue weighted by atomic mass is 9.78. The van der Waals surface area contributed by atoms with Gasteiger partial charge in [-0.25, -0.2) is 0 Å². The molecule has 1 saturated carbocycles. The molecule has 0 bridgehead atoms. The van der Waals surface area contributed by atoms with Crippen LogP contribution in [0.4, 0.5) is 0 Å². The highest BCUT2D eigenvalue weighted by Crippen LogP contribution is 2.35. The van der Waals surface area contributed by atoms with Crippen LogP contribution in [0.5, 0.6) is 0 Å². The minimum absolute atomic E-state index is 0.422. The van der Waals surface area contributed by atoms with Crippen LogP contribution >= 0.6 is 0 Å². The van der Waals surface area contributed by atoms with Gasteiger partial charge in [0.2, 0.25) is 0 Å². The van der Waals surface area contributed by atoms with Crippen molar-refractivity contribution in [1.29, 1.82) is 0 Å². The minimum Gasteiger partial charge on any atom is -0.390 e. The first kappa shape index (κ1) is 12.3. The minimum atomic E-state index is -0.532. The molecule has 1 saturated heterocycles. The zero-order valence-electron chi connectivity index (χ0n) is 10.7. The molecular weight excluding hydrogens is 200 g/mol. The summed E-state index contributed by atoms with van der Waals surface area (Å²) in [5.41, 5.74) is 5.66. The number of nitrogens with two attached hydrogens (primary N) is 1. The number of hydrogen-bond acceptors (Lipinski definition) is 3. The Morgan fingerprint density at radius 1 is 1.31 bits per heavy atom. The van der Waals surface area contributed by atoms with Crippen molar-refractivity contribution in [3.63, 3.8) is 0 Å². The van der Waals surface area contributed by atoms with Crippen LogP contribution in [0.3, 0.4) is 0 Å². The van der Waals surface area contributed by atoms with Crippen molar-refractivity contribution >= 4 is 0 Å². The van der Waals surface area contributed by atoms with Crippen LogP contribution in [0.25, 0.3) is 0 Å². The molecule has 0 radical (unpaired) electrons. The Kier molecular flexibility index (Phi) is 3.57. The van der Waals surface area contributed by atoms with Crippen molar-refractivity contribution in [1.82, 2.24) is 4.90 Å². The fourth-order valence-electron chi connectivity index (χ4n) is 3.22. The normalized spacial score (nSPS) is 36.4. The molecule has 1 aliphatic heterocycles. The number of aliphatic hydroxyl groups is 1. The standard InChI is InChI=1S/C13H26N2O/c1-13(2,16)6-7-15-8-10-4-3-5-12(14)11(10)9-15/h10-12,16H,3-9,14H2,1-2H3. The lowest BCUT2D eigenvalue weighted by molar-refractivity contribution is 0.0598. The molecule has 3 atom stereocenters. The third kappa shape index (κ3) is 2.96. The zero-order valence-corrected chi connectivity index (χ0v) is 10.7. The van der Waals surface area contributed by atoms with Gasteiger partial charge in [0.15, 0.2) is 0 Å². The highest BCUT2D eigenvalue weighted by atomic mass is 16.3. The Morgan fingerprint density at radius 3 is 2.69 bits per heavy atom. The largest absolute Gasteiger partial charge is 0.390 e. The van der Waals surface area contributed by atoms with Crippen LogP contribution in [0.1, 0.15) is 39.5 Å². The van der Waals surface area contributed by atoms with Gasteiger partial charge in [-0.05, 0) is 44.9 Å². The van der Waals surface area contributed by atoms with E-state index in [0.717, 1.165) is 31.3 Å². The van der Waals surface area contributed by atoms with E-state index in [4.69, 9.17) is 5.73 Å². The molecule has 3 nitrogen and oxygen atoms in total. The van der Waals surface area contributed by atoms with Crippen LogP contribution in [0.15, 0.2) is 0 Å². The summed E-state index contributed by atoms with van der Waals surface area (Å²) in [4.78, 5) is 2.50. The first-order valence-electron chi connectivity index (χ1n) is 6.66. The van der Waals surface area contributed by atoms with Crippen LogP contribution in [-0.2, 0) is 0 Å². The van der Waals surface area contributed by atoms with Gasteiger partial charge in [0, 0.05) is 25.7 Å². The molecule has 0 spiro atoms. The second-order valence-corrected chi connectivity index (χ2v) is 6.34. The van der Waals surface area contributed by atoms with Gasteiger partial charge in [-0.3, -0.25) is 0 Å². The SMILES string of the molecule is CC(C)(O)CCN1CC2CCCC(N)C2C1. The maximum absolute atomic E-state index is 9.74. The third-order valence-electron chi connectivity index (χ3n) is 4.27. The molecule has 94 valence electrons.